The van der Waals surface area contributed by atoms with Crippen LogP contribution in [0.5, 0.6) is 5.88 Å². The van der Waals surface area contributed by atoms with Gasteiger partial charge in [-0.2, -0.15) is 21.5 Å². The largest absolute Gasteiger partial charge is 0.477 e. The summed E-state index contributed by atoms with van der Waals surface area (Å²) in [5, 5.41) is 5.14. The van der Waals surface area contributed by atoms with Crippen molar-refractivity contribution in [3.63, 3.8) is 0 Å². The predicted octanol–water partition coefficient (Wildman–Crippen LogP) is 1.88. The molecule has 0 radical (unpaired) electrons. The zero-order chi connectivity index (χ0) is 17.6. The van der Waals surface area contributed by atoms with Gasteiger partial charge in [-0.3, -0.25) is 0 Å². The van der Waals surface area contributed by atoms with E-state index < -0.39 is 16.1 Å². The number of halogens is 2. The third-order valence-corrected chi connectivity index (χ3v) is 6.13. The summed E-state index contributed by atoms with van der Waals surface area (Å²) in [5.74, 6) is -2.51. The fraction of sp³-hybridized carbons (Fsp3) is 0.667. The van der Waals surface area contributed by atoms with Gasteiger partial charge in [-0.1, -0.05) is 6.07 Å². The average Bonchev–Trinajstić information content (AvgIpc) is 3.16. The van der Waals surface area contributed by atoms with Gasteiger partial charge in [0.2, 0.25) is 5.88 Å². The smallest absolute Gasteiger partial charge is 0.287 e. The molecule has 0 bridgehead atoms. The normalized spacial score (nSPS) is 24.1. The van der Waals surface area contributed by atoms with Gasteiger partial charge in [0.25, 0.3) is 16.1 Å². The number of piperidine rings is 1. The van der Waals surface area contributed by atoms with Crippen LogP contribution in [0, 0.1) is 11.3 Å². The molecule has 6 nitrogen and oxygen atoms in total. The summed E-state index contributed by atoms with van der Waals surface area (Å²) in [6.07, 6.45) is 2.45. The molecule has 1 saturated heterocycles. The number of nitrogens with two attached hydrogens (primary N) is 1. The van der Waals surface area contributed by atoms with Crippen molar-refractivity contribution in [1.29, 1.82) is 0 Å². The summed E-state index contributed by atoms with van der Waals surface area (Å²) < 4.78 is 56.1. The standard InChI is InChI=1S/C15H21F2N3O3S/c1-14(16,17)12-3-2-4-13(19-12)23-10-11-9-15(11)5-7-20(8-6-15)24(18,21)22/h2-4,11H,5-10H2,1H3,(H2,18,21,22)/t11-/m0/s1. The fourth-order valence-corrected chi connectivity index (χ4v) is 4.08. The highest BCUT2D eigenvalue weighted by atomic mass is 32.2. The highest BCUT2D eigenvalue weighted by Crippen LogP contribution is 2.59. The number of hydrogen-bond donors (Lipinski definition) is 1. The van der Waals surface area contributed by atoms with Gasteiger partial charge >= 0.3 is 0 Å². The summed E-state index contributed by atoms with van der Waals surface area (Å²) in [4.78, 5) is 3.85. The molecule has 2 heterocycles. The van der Waals surface area contributed by atoms with E-state index in [1.54, 1.807) is 6.07 Å². The minimum Gasteiger partial charge on any atom is -0.477 e. The Kier molecular flexibility index (Phi) is 4.29. The molecule has 2 fully saturated rings. The van der Waals surface area contributed by atoms with Crippen molar-refractivity contribution in [2.75, 3.05) is 19.7 Å². The van der Waals surface area contributed by atoms with Crippen LogP contribution in [0.1, 0.15) is 31.9 Å². The van der Waals surface area contributed by atoms with Crippen molar-refractivity contribution in [3.8, 4) is 5.88 Å². The van der Waals surface area contributed by atoms with E-state index in [2.05, 4.69) is 4.98 Å². The Morgan fingerprint density at radius 3 is 2.67 bits per heavy atom. The molecule has 0 unspecified atom stereocenters. The lowest BCUT2D eigenvalue weighted by Gasteiger charge is -2.30. The molecule has 1 aromatic rings. The number of aromatic nitrogens is 1. The highest BCUT2D eigenvalue weighted by molar-refractivity contribution is 7.86. The fourth-order valence-electron chi connectivity index (χ4n) is 3.39. The minimum absolute atomic E-state index is 0.0908. The van der Waals surface area contributed by atoms with Gasteiger partial charge in [-0.05, 0) is 36.7 Å². The second-order valence-corrected chi connectivity index (χ2v) is 8.31. The first-order valence-corrected chi connectivity index (χ1v) is 9.37. The Morgan fingerprint density at radius 1 is 1.42 bits per heavy atom. The molecule has 0 aromatic carbocycles. The van der Waals surface area contributed by atoms with E-state index in [4.69, 9.17) is 9.88 Å². The van der Waals surface area contributed by atoms with Crippen molar-refractivity contribution in [1.82, 2.24) is 9.29 Å². The van der Waals surface area contributed by atoms with E-state index in [0.29, 0.717) is 25.6 Å². The monoisotopic (exact) mass is 361 g/mol. The Morgan fingerprint density at radius 2 is 2.08 bits per heavy atom. The third-order valence-electron chi connectivity index (χ3n) is 5.04. The summed E-state index contributed by atoms with van der Waals surface area (Å²) in [7, 11) is -3.62. The lowest BCUT2D eigenvalue weighted by Crippen LogP contribution is -2.43. The SMILES string of the molecule is CC(F)(F)c1cccc(OC[C@@H]2CC23CCN(S(N)(=O)=O)CC3)n1. The third kappa shape index (κ3) is 3.68. The van der Waals surface area contributed by atoms with Crippen LogP contribution >= 0.6 is 0 Å². The molecule has 3 rings (SSSR count). The first-order valence-electron chi connectivity index (χ1n) is 7.86. The maximum absolute atomic E-state index is 13.3. The number of hydrogen-bond acceptors (Lipinski definition) is 4. The van der Waals surface area contributed by atoms with Gasteiger partial charge in [0.15, 0.2) is 0 Å². The Labute approximate surface area is 140 Å². The van der Waals surface area contributed by atoms with Crippen LogP contribution in [-0.4, -0.2) is 37.4 Å². The zero-order valence-electron chi connectivity index (χ0n) is 13.4. The molecule has 0 amide bonds. The predicted molar refractivity (Wildman–Crippen MR) is 83.8 cm³/mol. The number of alkyl halides is 2. The van der Waals surface area contributed by atoms with Crippen LogP contribution in [0.15, 0.2) is 18.2 Å². The second-order valence-electron chi connectivity index (χ2n) is 6.77. The maximum Gasteiger partial charge on any atom is 0.287 e. The van der Waals surface area contributed by atoms with Crippen LogP contribution in [0.4, 0.5) is 8.78 Å². The summed E-state index contributed by atoms with van der Waals surface area (Å²) in [6, 6.07) is 4.34. The number of rotatable bonds is 5. The molecule has 1 spiro atoms. The van der Waals surface area contributed by atoms with Gasteiger partial charge in [0.05, 0.1) is 6.61 Å². The van der Waals surface area contributed by atoms with Gasteiger partial charge < -0.3 is 4.74 Å². The molecular weight excluding hydrogens is 340 g/mol. The van der Waals surface area contributed by atoms with Crippen LogP contribution < -0.4 is 9.88 Å². The van der Waals surface area contributed by atoms with E-state index >= 15 is 0 Å². The molecule has 24 heavy (non-hydrogen) atoms. The molecule has 1 aromatic heterocycles. The number of ether oxygens (including phenoxy) is 1. The van der Waals surface area contributed by atoms with E-state index in [0.717, 1.165) is 26.2 Å². The van der Waals surface area contributed by atoms with E-state index in [1.807, 2.05) is 0 Å². The zero-order valence-corrected chi connectivity index (χ0v) is 14.2. The average molecular weight is 361 g/mol. The lowest BCUT2D eigenvalue weighted by atomic mass is 9.92. The van der Waals surface area contributed by atoms with E-state index in [9.17, 15) is 17.2 Å². The van der Waals surface area contributed by atoms with Gasteiger partial charge in [0, 0.05) is 26.1 Å². The minimum atomic E-state index is -3.62. The van der Waals surface area contributed by atoms with Crippen LogP contribution in [0.2, 0.25) is 0 Å². The Bertz CT molecular complexity index is 713. The molecule has 2 N–H and O–H groups in total. The van der Waals surface area contributed by atoms with Crippen LogP contribution in [0.3, 0.4) is 0 Å². The Hall–Kier alpha value is -1.32. The maximum atomic E-state index is 13.3. The second kappa shape index (κ2) is 5.89. The molecule has 9 heteroatoms. The molecule has 1 aliphatic carbocycles. The summed E-state index contributed by atoms with van der Waals surface area (Å²) >= 11 is 0. The van der Waals surface area contributed by atoms with Crippen molar-refractivity contribution in [2.45, 2.75) is 32.1 Å². The van der Waals surface area contributed by atoms with E-state index in [-0.39, 0.29) is 17.0 Å². The number of nitrogens with zero attached hydrogens (tertiary/aromatic N) is 2. The van der Waals surface area contributed by atoms with Gasteiger partial charge in [-0.25, -0.2) is 10.1 Å². The highest BCUT2D eigenvalue weighted by Gasteiger charge is 2.55. The summed E-state index contributed by atoms with van der Waals surface area (Å²) in [5.41, 5.74) is -0.222. The topological polar surface area (TPSA) is 85.5 Å². The van der Waals surface area contributed by atoms with Crippen LogP contribution in [-0.2, 0) is 16.1 Å². The number of pyridine rings is 1. The van der Waals surface area contributed by atoms with Gasteiger partial charge in [0.1, 0.15) is 5.69 Å². The molecular formula is C15H21F2N3O3S. The van der Waals surface area contributed by atoms with Crippen LogP contribution in [0.25, 0.3) is 0 Å². The van der Waals surface area contributed by atoms with Crippen molar-refractivity contribution >= 4 is 10.2 Å². The molecule has 1 atom stereocenters. The molecule has 1 aliphatic heterocycles. The van der Waals surface area contributed by atoms with E-state index in [1.165, 1.54) is 16.4 Å². The van der Waals surface area contributed by atoms with Crippen molar-refractivity contribution in [2.24, 2.45) is 16.5 Å². The first kappa shape index (κ1) is 17.5. The summed E-state index contributed by atoms with van der Waals surface area (Å²) in [6.45, 7) is 2.05. The van der Waals surface area contributed by atoms with Crippen molar-refractivity contribution < 1.29 is 21.9 Å². The van der Waals surface area contributed by atoms with Gasteiger partial charge in [-0.15, -0.1) is 0 Å². The molecule has 134 valence electrons. The lowest BCUT2D eigenvalue weighted by molar-refractivity contribution is 0.0120. The first-order chi connectivity index (χ1) is 11.1. The Balaban J connectivity index is 1.53. The van der Waals surface area contributed by atoms with Crippen molar-refractivity contribution in [3.05, 3.63) is 23.9 Å². The molecule has 1 saturated carbocycles. The quantitative estimate of drug-likeness (QED) is 0.868. The molecule has 2 aliphatic rings.